The Labute approximate surface area is 227 Å². The number of piperazine rings is 1. The van der Waals surface area contributed by atoms with Gasteiger partial charge in [-0.15, -0.1) is 0 Å². The number of nitrogens with zero attached hydrogens (tertiary/aromatic N) is 3. The van der Waals surface area contributed by atoms with Crippen LogP contribution >= 0.6 is 0 Å². The van der Waals surface area contributed by atoms with Gasteiger partial charge in [0.25, 0.3) is 0 Å². The molecule has 11 N–H and O–H groups in total. The molecule has 0 aromatic rings. The second-order valence-electron chi connectivity index (χ2n) is 8.69. The zero-order chi connectivity index (χ0) is 33.9. The molecule has 208 valence electrons. The quantitative estimate of drug-likeness (QED) is 0.0635. The Balaban J connectivity index is 2.73. The third kappa shape index (κ3) is 15.7. The van der Waals surface area contributed by atoms with Gasteiger partial charge < -0.3 is 43.4 Å². The van der Waals surface area contributed by atoms with E-state index in [0.29, 0.717) is 60.7 Å². The summed E-state index contributed by atoms with van der Waals surface area (Å²) >= 11 is 0. The summed E-state index contributed by atoms with van der Waals surface area (Å²) in [6.45, 7) is -10.6. The lowest BCUT2D eigenvalue weighted by Gasteiger charge is -2.34. The molecule has 1 heterocycles. The number of nitrogens with two attached hydrogens (primary N) is 4. The lowest BCUT2D eigenvalue weighted by Crippen LogP contribution is -2.48. The van der Waals surface area contributed by atoms with Crippen LogP contribution in [-0.2, 0) is 9.59 Å². The van der Waals surface area contributed by atoms with E-state index in [1.165, 1.54) is 0 Å². The van der Waals surface area contributed by atoms with Crippen molar-refractivity contribution >= 4 is 23.5 Å². The first kappa shape index (κ1) is 20.7. The predicted octanol–water partition coefficient (Wildman–Crippen LogP) is -1.08. The Morgan fingerprint density at radius 1 is 0.889 bits per heavy atom. The van der Waals surface area contributed by atoms with Crippen molar-refractivity contribution in [1.82, 2.24) is 20.4 Å². The summed E-state index contributed by atoms with van der Waals surface area (Å²) in [6.07, 6.45) is 2.88. The van der Waals surface area contributed by atoms with Crippen LogP contribution in [0.3, 0.4) is 0 Å². The molecule has 2 atom stereocenters. The summed E-state index contributed by atoms with van der Waals surface area (Å²) < 4.78 is 68.1. The highest BCUT2D eigenvalue weighted by atomic mass is 16.2. The lowest BCUT2D eigenvalue weighted by atomic mass is 10.1. The van der Waals surface area contributed by atoms with Gasteiger partial charge in [0.2, 0.25) is 11.8 Å². The maximum absolute atomic E-state index is 12.3. The number of nitrogens with one attached hydrogen (secondary N) is 3. The molecule has 1 saturated heterocycles. The monoisotopic (exact) mass is 518 g/mol. The Morgan fingerprint density at radius 3 is 1.81 bits per heavy atom. The first-order valence-corrected chi connectivity index (χ1v) is 12.4. The van der Waals surface area contributed by atoms with Crippen LogP contribution in [0.1, 0.15) is 69.3 Å². The van der Waals surface area contributed by atoms with E-state index in [1.807, 2.05) is 0 Å². The van der Waals surface area contributed by atoms with Crippen LogP contribution in [0.25, 0.3) is 0 Å². The first-order chi connectivity index (χ1) is 20.2. The van der Waals surface area contributed by atoms with E-state index in [0.717, 1.165) is 0 Å². The Bertz CT molecular complexity index is 970. The van der Waals surface area contributed by atoms with Crippen molar-refractivity contribution in [3.05, 3.63) is 0 Å². The van der Waals surface area contributed by atoms with Crippen molar-refractivity contribution in [1.29, 1.82) is 5.41 Å². The molecule has 0 radical (unpaired) electrons. The standard InChI is InChI=1S/C24H50N10O2/c1-19(25)30-10-4-8-21(27)24(36)32-12-6-14-34-17-15-33(16-18-34)13-5-11-31-23(35)20(26)7-2-3-9-22(28)29/h20-21H,2-18,26-27H2,1H3,(H2,25,30)(H3,28,29)(H,31,35)(H,32,36)/t20-,21-/m0/s1/i15D2,16D2,17D2,18D2. The van der Waals surface area contributed by atoms with Gasteiger partial charge in [0.15, 0.2) is 0 Å². The number of amidine groups is 2. The van der Waals surface area contributed by atoms with Crippen LogP contribution in [0.2, 0.25) is 0 Å². The number of amides is 2. The highest BCUT2D eigenvalue weighted by Crippen LogP contribution is 2.04. The summed E-state index contributed by atoms with van der Waals surface area (Å²) in [5, 5.41) is 12.4. The lowest BCUT2D eigenvalue weighted by molar-refractivity contribution is -0.123. The number of unbranched alkanes of at least 4 members (excludes halogenated alkanes) is 1. The minimum absolute atomic E-state index is 0.00133. The minimum Gasteiger partial charge on any atom is -0.388 e. The largest absolute Gasteiger partial charge is 0.388 e. The molecule has 12 nitrogen and oxygen atoms in total. The highest BCUT2D eigenvalue weighted by molar-refractivity contribution is 5.81. The third-order valence-corrected chi connectivity index (χ3v) is 5.27. The van der Waals surface area contributed by atoms with Gasteiger partial charge in [-0.25, -0.2) is 0 Å². The fourth-order valence-electron chi connectivity index (χ4n) is 3.19. The van der Waals surface area contributed by atoms with Crippen LogP contribution in [-0.4, -0.2) is 104 Å². The summed E-state index contributed by atoms with van der Waals surface area (Å²) in [7, 11) is 0. The van der Waals surface area contributed by atoms with E-state index in [4.69, 9.17) is 39.3 Å². The third-order valence-electron chi connectivity index (χ3n) is 5.27. The van der Waals surface area contributed by atoms with Crippen molar-refractivity contribution in [2.45, 2.75) is 70.4 Å². The van der Waals surface area contributed by atoms with Crippen LogP contribution in [0.15, 0.2) is 4.99 Å². The molecule has 0 saturated carbocycles. The maximum atomic E-state index is 12.3. The Hall–Kier alpha value is -2.28. The van der Waals surface area contributed by atoms with Crippen LogP contribution in [0.4, 0.5) is 0 Å². The fraction of sp³-hybridized carbons (Fsp3) is 0.833. The first-order valence-electron chi connectivity index (χ1n) is 16.4. The minimum atomic E-state index is -2.96. The van der Waals surface area contributed by atoms with E-state index >= 15 is 0 Å². The molecule has 0 unspecified atom stereocenters. The van der Waals surface area contributed by atoms with Gasteiger partial charge in [-0.1, -0.05) is 6.42 Å². The molecule has 0 aromatic heterocycles. The summed E-state index contributed by atoms with van der Waals surface area (Å²) in [4.78, 5) is 29.6. The molecule has 1 rings (SSSR count). The SMILES string of the molecule is [2H]C1([2H])N(CCCNC(=O)[C@@H](N)CCCCC(=N)N)C([2H])([2H])C([2H])([2H])N(CCCNC(=O)[C@@H](N)CCCN=C(C)N)C1([2H])[2H]. The molecule has 0 aromatic carbocycles. The topological polar surface area (TPSA) is 205 Å². The van der Waals surface area contributed by atoms with Gasteiger partial charge in [0.1, 0.15) is 0 Å². The molecule has 0 spiro atoms. The van der Waals surface area contributed by atoms with Crippen LogP contribution in [0.5, 0.6) is 0 Å². The molecule has 0 aliphatic carbocycles. The van der Waals surface area contributed by atoms with E-state index in [9.17, 15) is 9.59 Å². The van der Waals surface area contributed by atoms with Crippen LogP contribution < -0.4 is 33.6 Å². The van der Waals surface area contributed by atoms with Crippen molar-refractivity contribution in [3.63, 3.8) is 0 Å². The normalized spacial score (nSPS) is 25.8. The molecule has 1 aliphatic heterocycles. The zero-order valence-corrected chi connectivity index (χ0v) is 21.3. The summed E-state index contributed by atoms with van der Waals surface area (Å²) in [6, 6.07) is -1.63. The smallest absolute Gasteiger partial charge is 0.236 e. The fourth-order valence-corrected chi connectivity index (χ4v) is 3.19. The maximum Gasteiger partial charge on any atom is 0.236 e. The highest BCUT2D eigenvalue weighted by Gasteiger charge is 2.17. The summed E-state index contributed by atoms with van der Waals surface area (Å²) in [5.74, 6) is -0.436. The predicted molar refractivity (Wildman–Crippen MR) is 146 cm³/mol. The number of carbonyl (C=O) groups is 2. The number of rotatable bonds is 19. The van der Waals surface area contributed by atoms with Gasteiger partial charge in [0.05, 0.1) is 23.8 Å². The summed E-state index contributed by atoms with van der Waals surface area (Å²) in [5.41, 5.74) is 22.5. The molecular weight excluding hydrogens is 460 g/mol. The number of hydrogen-bond donors (Lipinski definition) is 7. The molecule has 12 heteroatoms. The average Bonchev–Trinajstić information content (AvgIpc) is 2.90. The zero-order valence-electron chi connectivity index (χ0n) is 29.3. The van der Waals surface area contributed by atoms with Crippen molar-refractivity contribution in [2.24, 2.45) is 27.9 Å². The van der Waals surface area contributed by atoms with Gasteiger partial charge in [0, 0.05) is 63.0 Å². The molecular formula is C24H50N10O2. The van der Waals surface area contributed by atoms with Gasteiger partial charge in [-0.3, -0.25) is 20.0 Å². The van der Waals surface area contributed by atoms with Gasteiger partial charge >= 0.3 is 0 Å². The van der Waals surface area contributed by atoms with Crippen molar-refractivity contribution in [2.75, 3.05) is 58.7 Å². The average molecular weight is 519 g/mol. The van der Waals surface area contributed by atoms with Gasteiger partial charge in [-0.2, -0.15) is 0 Å². The molecule has 2 amide bonds. The number of aliphatic imine (C=N–C) groups is 1. The van der Waals surface area contributed by atoms with E-state index in [2.05, 4.69) is 15.6 Å². The second kappa shape index (κ2) is 18.9. The molecule has 1 aliphatic rings. The molecule has 0 bridgehead atoms. The number of hydrogen-bond acceptors (Lipinski definition) is 8. The number of carbonyl (C=O) groups excluding carboxylic acids is 2. The van der Waals surface area contributed by atoms with Crippen molar-refractivity contribution < 1.29 is 20.6 Å². The van der Waals surface area contributed by atoms with E-state index in [1.54, 1.807) is 6.92 Å². The Morgan fingerprint density at radius 2 is 1.36 bits per heavy atom. The Kier molecular flexibility index (Phi) is 10.9. The van der Waals surface area contributed by atoms with E-state index in [-0.39, 0.29) is 31.8 Å². The molecule has 1 fully saturated rings. The molecule has 36 heavy (non-hydrogen) atoms. The second-order valence-corrected chi connectivity index (χ2v) is 8.69. The van der Waals surface area contributed by atoms with E-state index < -0.39 is 63.0 Å². The van der Waals surface area contributed by atoms with Crippen molar-refractivity contribution in [3.8, 4) is 0 Å². The van der Waals surface area contributed by atoms with Gasteiger partial charge in [-0.05, 0) is 58.5 Å². The van der Waals surface area contributed by atoms with Crippen LogP contribution in [0, 0.1) is 5.41 Å².